The monoisotopic (exact) mass is 233 g/mol. The molecule has 2 unspecified atom stereocenters. The largest absolute Gasteiger partial charge is 0.508 e. The highest BCUT2D eigenvalue weighted by molar-refractivity contribution is 5.95. The highest BCUT2D eigenvalue weighted by Crippen LogP contribution is 2.28. The second kappa shape index (κ2) is 4.78. The van der Waals surface area contributed by atoms with Gasteiger partial charge in [-0.2, -0.15) is 0 Å². The Hall–Kier alpha value is -1.51. The number of phenolic OH excluding ortho intramolecular Hbond substituents is 1. The number of likely N-dealkylation sites (tertiary alicyclic amines) is 1. The van der Waals surface area contributed by atoms with Crippen molar-refractivity contribution in [3.8, 4) is 5.75 Å². The van der Waals surface area contributed by atoms with Gasteiger partial charge in [-0.05, 0) is 50.5 Å². The van der Waals surface area contributed by atoms with Crippen molar-refractivity contribution in [1.29, 1.82) is 0 Å². The lowest BCUT2D eigenvalue weighted by atomic mass is 10.1. The van der Waals surface area contributed by atoms with E-state index >= 15 is 0 Å². The van der Waals surface area contributed by atoms with Crippen LogP contribution in [0.4, 0.5) is 0 Å². The minimum atomic E-state index is 0.0850. The number of carbonyl (C=O) groups is 1. The van der Waals surface area contributed by atoms with E-state index in [1.807, 2.05) is 4.90 Å². The molecule has 1 amide bonds. The third-order valence-electron chi connectivity index (χ3n) is 3.61. The van der Waals surface area contributed by atoms with E-state index in [0.29, 0.717) is 17.6 Å². The predicted octanol–water partition coefficient (Wildman–Crippen LogP) is 2.80. The van der Waals surface area contributed by atoms with Crippen LogP contribution in [0.1, 0.15) is 43.5 Å². The highest BCUT2D eigenvalue weighted by atomic mass is 16.3. The van der Waals surface area contributed by atoms with E-state index in [-0.39, 0.29) is 11.7 Å². The van der Waals surface area contributed by atoms with E-state index < -0.39 is 0 Å². The van der Waals surface area contributed by atoms with Gasteiger partial charge in [0.25, 0.3) is 5.91 Å². The van der Waals surface area contributed by atoms with Gasteiger partial charge in [-0.1, -0.05) is 6.92 Å². The number of amides is 1. The van der Waals surface area contributed by atoms with E-state index in [1.165, 1.54) is 0 Å². The van der Waals surface area contributed by atoms with Gasteiger partial charge in [0.15, 0.2) is 0 Å². The number of rotatable bonds is 2. The van der Waals surface area contributed by atoms with Gasteiger partial charge in [0.05, 0.1) is 0 Å². The van der Waals surface area contributed by atoms with Crippen LogP contribution < -0.4 is 0 Å². The standard InChI is InChI=1S/C14H19NO2/c1-3-12-7-4-10(2)15(12)14(17)11-5-8-13(16)9-6-11/h5-6,8-10,12,16H,3-4,7H2,1-2H3. The molecule has 1 aliphatic rings. The maximum atomic E-state index is 12.4. The molecule has 1 heterocycles. The lowest BCUT2D eigenvalue weighted by molar-refractivity contribution is 0.0676. The molecule has 3 nitrogen and oxygen atoms in total. The first-order chi connectivity index (χ1) is 8.13. The first kappa shape index (κ1) is 12.0. The molecule has 1 N–H and O–H groups in total. The maximum Gasteiger partial charge on any atom is 0.254 e. The summed E-state index contributed by atoms with van der Waals surface area (Å²) in [6.07, 6.45) is 3.19. The van der Waals surface area contributed by atoms with Crippen LogP contribution in [0.15, 0.2) is 24.3 Å². The number of hydrogen-bond acceptors (Lipinski definition) is 2. The summed E-state index contributed by atoms with van der Waals surface area (Å²) in [4.78, 5) is 14.4. The van der Waals surface area contributed by atoms with Gasteiger partial charge < -0.3 is 10.0 Å². The Kier molecular flexibility index (Phi) is 3.36. The van der Waals surface area contributed by atoms with Crippen molar-refractivity contribution in [2.24, 2.45) is 0 Å². The van der Waals surface area contributed by atoms with E-state index in [0.717, 1.165) is 19.3 Å². The van der Waals surface area contributed by atoms with Gasteiger partial charge in [0.2, 0.25) is 0 Å². The molecular weight excluding hydrogens is 214 g/mol. The average molecular weight is 233 g/mol. The van der Waals surface area contributed by atoms with Crippen LogP contribution in [0.2, 0.25) is 0 Å². The molecule has 1 fully saturated rings. The molecule has 1 aromatic rings. The van der Waals surface area contributed by atoms with E-state index in [9.17, 15) is 9.90 Å². The Morgan fingerprint density at radius 2 is 2.00 bits per heavy atom. The summed E-state index contributed by atoms with van der Waals surface area (Å²) in [5.74, 6) is 0.282. The van der Waals surface area contributed by atoms with Crippen molar-refractivity contribution in [3.05, 3.63) is 29.8 Å². The third-order valence-corrected chi connectivity index (χ3v) is 3.61. The fourth-order valence-corrected chi connectivity index (χ4v) is 2.59. The third kappa shape index (κ3) is 2.28. The summed E-state index contributed by atoms with van der Waals surface area (Å²) in [6, 6.07) is 7.20. The molecule has 0 spiro atoms. The fraction of sp³-hybridized carbons (Fsp3) is 0.500. The predicted molar refractivity (Wildman–Crippen MR) is 67.1 cm³/mol. The van der Waals surface area contributed by atoms with E-state index in [1.54, 1.807) is 24.3 Å². The van der Waals surface area contributed by atoms with Crippen molar-refractivity contribution >= 4 is 5.91 Å². The zero-order chi connectivity index (χ0) is 12.4. The summed E-state index contributed by atoms with van der Waals surface area (Å²) >= 11 is 0. The summed E-state index contributed by atoms with van der Waals surface area (Å²) in [6.45, 7) is 4.23. The van der Waals surface area contributed by atoms with Crippen LogP contribution in [0.25, 0.3) is 0 Å². The molecule has 1 aromatic carbocycles. The van der Waals surface area contributed by atoms with Gasteiger partial charge in [-0.3, -0.25) is 4.79 Å². The SMILES string of the molecule is CCC1CCC(C)N1C(=O)c1ccc(O)cc1. The lowest BCUT2D eigenvalue weighted by Crippen LogP contribution is -2.39. The van der Waals surface area contributed by atoms with Crippen LogP contribution in [0.5, 0.6) is 5.75 Å². The average Bonchev–Trinajstić information content (AvgIpc) is 2.70. The van der Waals surface area contributed by atoms with Crippen molar-refractivity contribution in [1.82, 2.24) is 4.90 Å². The topological polar surface area (TPSA) is 40.5 Å². The minimum absolute atomic E-state index is 0.0850. The normalized spacial score (nSPS) is 24.0. The lowest BCUT2D eigenvalue weighted by Gasteiger charge is -2.28. The quantitative estimate of drug-likeness (QED) is 0.853. The Morgan fingerprint density at radius 1 is 1.35 bits per heavy atom. The molecule has 2 atom stereocenters. The van der Waals surface area contributed by atoms with Crippen LogP contribution in [-0.4, -0.2) is 28.0 Å². The fourth-order valence-electron chi connectivity index (χ4n) is 2.59. The molecule has 0 radical (unpaired) electrons. The first-order valence-corrected chi connectivity index (χ1v) is 6.25. The highest BCUT2D eigenvalue weighted by Gasteiger charge is 2.33. The molecule has 0 aromatic heterocycles. The Labute approximate surface area is 102 Å². The van der Waals surface area contributed by atoms with Crippen molar-refractivity contribution in [2.45, 2.75) is 45.2 Å². The first-order valence-electron chi connectivity index (χ1n) is 6.25. The van der Waals surface area contributed by atoms with Crippen molar-refractivity contribution in [2.75, 3.05) is 0 Å². The summed E-state index contributed by atoms with van der Waals surface area (Å²) in [7, 11) is 0. The Morgan fingerprint density at radius 3 is 2.59 bits per heavy atom. The molecule has 92 valence electrons. The number of hydrogen-bond donors (Lipinski definition) is 1. The summed E-state index contributed by atoms with van der Waals surface area (Å²) in [5.41, 5.74) is 0.662. The number of benzene rings is 1. The molecular formula is C14H19NO2. The van der Waals surface area contributed by atoms with Crippen LogP contribution in [0, 0.1) is 0 Å². The molecule has 0 aliphatic carbocycles. The molecule has 1 saturated heterocycles. The van der Waals surface area contributed by atoms with Crippen molar-refractivity contribution < 1.29 is 9.90 Å². The molecule has 2 rings (SSSR count). The van der Waals surface area contributed by atoms with Crippen LogP contribution in [0.3, 0.4) is 0 Å². The van der Waals surface area contributed by atoms with E-state index in [4.69, 9.17) is 0 Å². The Balaban J connectivity index is 2.21. The van der Waals surface area contributed by atoms with Gasteiger partial charge in [-0.25, -0.2) is 0 Å². The molecule has 17 heavy (non-hydrogen) atoms. The zero-order valence-corrected chi connectivity index (χ0v) is 10.4. The molecule has 1 aliphatic heterocycles. The van der Waals surface area contributed by atoms with Crippen LogP contribution in [-0.2, 0) is 0 Å². The molecule has 3 heteroatoms. The number of carbonyl (C=O) groups excluding carboxylic acids is 1. The number of nitrogens with zero attached hydrogens (tertiary/aromatic N) is 1. The molecule has 0 bridgehead atoms. The van der Waals surface area contributed by atoms with Gasteiger partial charge in [0, 0.05) is 17.6 Å². The van der Waals surface area contributed by atoms with Gasteiger partial charge >= 0.3 is 0 Å². The number of aromatic hydroxyl groups is 1. The van der Waals surface area contributed by atoms with Gasteiger partial charge in [-0.15, -0.1) is 0 Å². The van der Waals surface area contributed by atoms with E-state index in [2.05, 4.69) is 13.8 Å². The van der Waals surface area contributed by atoms with Crippen molar-refractivity contribution in [3.63, 3.8) is 0 Å². The Bertz CT molecular complexity index is 399. The molecule has 0 saturated carbocycles. The second-order valence-corrected chi connectivity index (χ2v) is 4.75. The van der Waals surface area contributed by atoms with Gasteiger partial charge in [0.1, 0.15) is 5.75 Å². The smallest absolute Gasteiger partial charge is 0.254 e. The maximum absolute atomic E-state index is 12.4. The number of phenols is 1. The minimum Gasteiger partial charge on any atom is -0.508 e. The summed E-state index contributed by atoms with van der Waals surface area (Å²) < 4.78 is 0. The van der Waals surface area contributed by atoms with Crippen LogP contribution >= 0.6 is 0 Å². The zero-order valence-electron chi connectivity index (χ0n) is 10.4. The second-order valence-electron chi connectivity index (χ2n) is 4.75. The summed E-state index contributed by atoms with van der Waals surface area (Å²) in [5, 5.41) is 9.23.